The minimum Gasteiger partial charge on any atom is -0.495 e. The molecule has 2 aromatic carbocycles. The van der Waals surface area contributed by atoms with Crippen molar-refractivity contribution >= 4 is 20.2 Å². The third-order valence-corrected chi connectivity index (χ3v) is 4.97. The highest BCUT2D eigenvalue weighted by Crippen LogP contribution is 2.33. The van der Waals surface area contributed by atoms with Crippen LogP contribution in [0.4, 0.5) is 0 Å². The van der Waals surface area contributed by atoms with Crippen LogP contribution < -0.4 is 9.47 Å². The summed E-state index contributed by atoms with van der Waals surface area (Å²) >= 11 is 0. The molecule has 0 bridgehead atoms. The zero-order valence-corrected chi connectivity index (χ0v) is 14.3. The normalized spacial score (nSPS) is 12.0. The van der Waals surface area contributed by atoms with E-state index >= 15 is 0 Å². The van der Waals surface area contributed by atoms with Crippen LogP contribution in [0.15, 0.2) is 46.2 Å². The van der Waals surface area contributed by atoms with Gasteiger partial charge in [-0.3, -0.25) is 9.11 Å². The van der Waals surface area contributed by atoms with Crippen molar-refractivity contribution in [2.24, 2.45) is 0 Å². The second-order valence-corrected chi connectivity index (χ2v) is 7.46. The van der Waals surface area contributed by atoms with Crippen LogP contribution in [0.1, 0.15) is 0 Å². The Balaban J connectivity index is 2.70. The van der Waals surface area contributed by atoms with E-state index in [9.17, 15) is 25.9 Å². The second kappa shape index (κ2) is 6.40. The summed E-state index contributed by atoms with van der Waals surface area (Å²) in [6, 6.07) is 7.84. The highest BCUT2D eigenvalue weighted by Gasteiger charge is 2.20. The van der Waals surface area contributed by atoms with E-state index in [-0.39, 0.29) is 22.6 Å². The molecule has 0 saturated heterocycles. The summed E-state index contributed by atoms with van der Waals surface area (Å²) in [6.07, 6.45) is 0. The number of hydrogen-bond donors (Lipinski definition) is 2. The van der Waals surface area contributed by atoms with E-state index in [0.29, 0.717) is 0 Å². The molecule has 0 aliphatic rings. The molecule has 8 nitrogen and oxygen atoms in total. The van der Waals surface area contributed by atoms with Crippen molar-refractivity contribution in [1.82, 2.24) is 0 Å². The molecular formula is C14H14O8S2. The van der Waals surface area contributed by atoms with Gasteiger partial charge in [0.25, 0.3) is 20.2 Å². The number of rotatable bonds is 5. The first-order valence-electron chi connectivity index (χ1n) is 6.39. The minimum atomic E-state index is -4.54. The largest absolute Gasteiger partial charge is 0.495 e. The first-order chi connectivity index (χ1) is 11.1. The van der Waals surface area contributed by atoms with Gasteiger partial charge in [-0.05, 0) is 35.4 Å². The van der Waals surface area contributed by atoms with Crippen molar-refractivity contribution < 1.29 is 35.4 Å². The quantitative estimate of drug-likeness (QED) is 0.759. The second-order valence-electron chi connectivity index (χ2n) is 4.68. The molecule has 0 aliphatic heterocycles. The molecule has 0 saturated carbocycles. The third-order valence-electron chi connectivity index (χ3n) is 3.22. The van der Waals surface area contributed by atoms with Gasteiger partial charge in [-0.1, -0.05) is 12.1 Å². The number of benzene rings is 2. The van der Waals surface area contributed by atoms with Gasteiger partial charge in [-0.15, -0.1) is 0 Å². The Hall–Kier alpha value is -2.14. The predicted molar refractivity (Wildman–Crippen MR) is 84.6 cm³/mol. The SMILES string of the molecule is COc1ccc(-c2ccc(OC)c(S(=O)(=O)O)c2)cc1S(=O)(=O)O. The maximum Gasteiger partial charge on any atom is 0.298 e. The highest BCUT2D eigenvalue weighted by molar-refractivity contribution is 7.86. The van der Waals surface area contributed by atoms with Gasteiger partial charge in [-0.25, -0.2) is 0 Å². The molecule has 0 fully saturated rings. The van der Waals surface area contributed by atoms with Crippen LogP contribution in [-0.4, -0.2) is 40.2 Å². The van der Waals surface area contributed by atoms with Crippen molar-refractivity contribution in [3.05, 3.63) is 36.4 Å². The molecule has 0 heterocycles. The maximum absolute atomic E-state index is 11.4. The Morgan fingerprint density at radius 1 is 0.708 bits per heavy atom. The summed E-state index contributed by atoms with van der Waals surface area (Å²) in [5.74, 6) is -0.130. The lowest BCUT2D eigenvalue weighted by molar-refractivity contribution is 0.396. The minimum absolute atomic E-state index is 0.0650. The van der Waals surface area contributed by atoms with Gasteiger partial charge < -0.3 is 9.47 Å². The zero-order valence-electron chi connectivity index (χ0n) is 12.6. The molecule has 130 valence electrons. The standard InChI is InChI=1S/C14H14O8S2/c1-21-11-5-3-9(7-13(11)23(15,16)17)10-4-6-12(22-2)14(8-10)24(18,19)20/h3-8H,1-2H3,(H,15,16,17)(H,18,19,20). The maximum atomic E-state index is 11.4. The van der Waals surface area contributed by atoms with Crippen molar-refractivity contribution in [3.63, 3.8) is 0 Å². The molecule has 2 aromatic rings. The lowest BCUT2D eigenvalue weighted by Gasteiger charge is -2.11. The van der Waals surface area contributed by atoms with Gasteiger partial charge in [0.1, 0.15) is 21.3 Å². The van der Waals surface area contributed by atoms with E-state index in [2.05, 4.69) is 0 Å². The van der Waals surface area contributed by atoms with Crippen LogP contribution in [0.3, 0.4) is 0 Å². The molecule has 0 unspecified atom stereocenters. The summed E-state index contributed by atoms with van der Waals surface area (Å²) in [5.41, 5.74) is 0.576. The molecule has 24 heavy (non-hydrogen) atoms. The molecule has 0 aliphatic carbocycles. The van der Waals surface area contributed by atoms with E-state index in [1.54, 1.807) is 0 Å². The number of methoxy groups -OCH3 is 2. The third kappa shape index (κ3) is 3.67. The fourth-order valence-electron chi connectivity index (χ4n) is 2.12. The first kappa shape index (κ1) is 18.2. The van der Waals surface area contributed by atoms with E-state index in [1.165, 1.54) is 38.5 Å². The van der Waals surface area contributed by atoms with Crippen LogP contribution in [0.25, 0.3) is 11.1 Å². The molecule has 2 rings (SSSR count). The van der Waals surface area contributed by atoms with E-state index < -0.39 is 30.0 Å². The Labute approximate surface area is 139 Å². The summed E-state index contributed by atoms with van der Waals surface area (Å²) in [4.78, 5) is -0.932. The molecule has 0 atom stereocenters. The number of hydrogen-bond acceptors (Lipinski definition) is 6. The smallest absolute Gasteiger partial charge is 0.298 e. The van der Waals surface area contributed by atoms with Crippen LogP contribution in [0, 0.1) is 0 Å². The highest BCUT2D eigenvalue weighted by atomic mass is 32.2. The zero-order chi connectivity index (χ0) is 18.1. The monoisotopic (exact) mass is 374 g/mol. The van der Waals surface area contributed by atoms with Crippen molar-refractivity contribution in [3.8, 4) is 22.6 Å². The molecule has 0 aromatic heterocycles. The molecule has 0 radical (unpaired) electrons. The van der Waals surface area contributed by atoms with Gasteiger partial charge >= 0.3 is 0 Å². The predicted octanol–water partition coefficient (Wildman–Crippen LogP) is 1.86. The van der Waals surface area contributed by atoms with E-state index in [4.69, 9.17) is 9.47 Å². The van der Waals surface area contributed by atoms with E-state index in [1.807, 2.05) is 0 Å². The van der Waals surface area contributed by atoms with E-state index in [0.717, 1.165) is 12.1 Å². The molecular weight excluding hydrogens is 360 g/mol. The Morgan fingerprint density at radius 3 is 1.29 bits per heavy atom. The summed E-state index contributed by atoms with van der Waals surface area (Å²) in [7, 11) is -6.60. The van der Waals surface area contributed by atoms with Gasteiger partial charge in [-0.2, -0.15) is 16.8 Å². The van der Waals surface area contributed by atoms with Crippen LogP contribution in [0.2, 0.25) is 0 Å². The fourth-order valence-corrected chi connectivity index (χ4v) is 3.48. The molecule has 10 heteroatoms. The van der Waals surface area contributed by atoms with Gasteiger partial charge in [0.15, 0.2) is 0 Å². The van der Waals surface area contributed by atoms with Gasteiger partial charge in [0.05, 0.1) is 14.2 Å². The van der Waals surface area contributed by atoms with Crippen LogP contribution >= 0.6 is 0 Å². The average Bonchev–Trinajstić information content (AvgIpc) is 2.52. The van der Waals surface area contributed by atoms with Crippen LogP contribution in [-0.2, 0) is 20.2 Å². The average molecular weight is 374 g/mol. The van der Waals surface area contributed by atoms with Crippen molar-refractivity contribution in [2.45, 2.75) is 9.79 Å². The Bertz CT molecular complexity index is 896. The Kier molecular flexibility index (Phi) is 4.85. The summed E-state index contributed by atoms with van der Waals surface area (Å²) in [5, 5.41) is 0. The molecule has 2 N–H and O–H groups in total. The van der Waals surface area contributed by atoms with Gasteiger partial charge in [0, 0.05) is 0 Å². The topological polar surface area (TPSA) is 127 Å². The number of ether oxygens (including phenoxy) is 2. The Morgan fingerprint density at radius 2 is 1.04 bits per heavy atom. The molecule has 0 spiro atoms. The summed E-state index contributed by atoms with van der Waals surface area (Å²) < 4.78 is 74.1. The lowest BCUT2D eigenvalue weighted by Crippen LogP contribution is -2.03. The van der Waals surface area contributed by atoms with Crippen LogP contribution in [0.5, 0.6) is 11.5 Å². The first-order valence-corrected chi connectivity index (χ1v) is 9.27. The fraction of sp³-hybridized carbons (Fsp3) is 0.143. The summed E-state index contributed by atoms with van der Waals surface area (Å²) in [6.45, 7) is 0. The lowest BCUT2D eigenvalue weighted by atomic mass is 10.1. The van der Waals surface area contributed by atoms with Crippen molar-refractivity contribution in [2.75, 3.05) is 14.2 Å². The van der Waals surface area contributed by atoms with Gasteiger partial charge in [0.2, 0.25) is 0 Å². The van der Waals surface area contributed by atoms with Crippen molar-refractivity contribution in [1.29, 1.82) is 0 Å². The molecule has 0 amide bonds.